The maximum absolute atomic E-state index is 10.7. The van der Waals surface area contributed by atoms with Crippen molar-refractivity contribution in [1.29, 1.82) is 0 Å². The highest BCUT2D eigenvalue weighted by molar-refractivity contribution is 7.90. The average molecular weight is 195 g/mol. The SMILES string of the molecule is CCCCNC(O)CS(C)(=O)=O. The summed E-state index contributed by atoms with van der Waals surface area (Å²) in [5.74, 6) is -0.212. The van der Waals surface area contributed by atoms with Gasteiger partial charge in [-0.25, -0.2) is 8.42 Å². The molecule has 12 heavy (non-hydrogen) atoms. The maximum Gasteiger partial charge on any atom is 0.151 e. The molecule has 4 nitrogen and oxygen atoms in total. The molecule has 1 unspecified atom stereocenters. The molecule has 0 aliphatic rings. The molecule has 0 bridgehead atoms. The Balaban J connectivity index is 3.53. The van der Waals surface area contributed by atoms with Crippen LogP contribution in [0.25, 0.3) is 0 Å². The number of aliphatic hydroxyl groups is 1. The normalized spacial score (nSPS) is 14.6. The van der Waals surface area contributed by atoms with Crippen LogP contribution in [0.3, 0.4) is 0 Å². The van der Waals surface area contributed by atoms with E-state index in [1.165, 1.54) is 0 Å². The highest BCUT2D eigenvalue weighted by Crippen LogP contribution is 1.89. The first kappa shape index (κ1) is 11.9. The van der Waals surface area contributed by atoms with Crippen molar-refractivity contribution in [3.63, 3.8) is 0 Å². The third-order valence-corrected chi connectivity index (χ3v) is 2.29. The van der Waals surface area contributed by atoms with Crippen LogP contribution in [-0.2, 0) is 9.84 Å². The second-order valence-electron chi connectivity index (χ2n) is 2.92. The van der Waals surface area contributed by atoms with Crippen LogP contribution in [0.5, 0.6) is 0 Å². The lowest BCUT2D eigenvalue weighted by atomic mass is 10.3. The molecular weight excluding hydrogens is 178 g/mol. The molecule has 0 aromatic heterocycles. The molecule has 0 saturated carbocycles. The monoisotopic (exact) mass is 195 g/mol. The van der Waals surface area contributed by atoms with Crippen molar-refractivity contribution in [3.05, 3.63) is 0 Å². The van der Waals surface area contributed by atoms with E-state index >= 15 is 0 Å². The minimum absolute atomic E-state index is 0.212. The molecule has 0 aromatic rings. The van der Waals surface area contributed by atoms with Crippen molar-refractivity contribution in [2.24, 2.45) is 0 Å². The smallest absolute Gasteiger partial charge is 0.151 e. The Morgan fingerprint density at radius 1 is 1.50 bits per heavy atom. The Morgan fingerprint density at radius 2 is 2.08 bits per heavy atom. The van der Waals surface area contributed by atoms with Crippen LogP contribution >= 0.6 is 0 Å². The van der Waals surface area contributed by atoms with Gasteiger partial charge in [0, 0.05) is 6.26 Å². The van der Waals surface area contributed by atoms with Crippen LogP contribution in [0.15, 0.2) is 0 Å². The molecule has 0 heterocycles. The first-order valence-corrected chi connectivity index (χ1v) is 6.11. The van der Waals surface area contributed by atoms with E-state index in [1.54, 1.807) is 0 Å². The van der Waals surface area contributed by atoms with E-state index < -0.39 is 16.1 Å². The van der Waals surface area contributed by atoms with Gasteiger partial charge in [-0.1, -0.05) is 13.3 Å². The van der Waals surface area contributed by atoms with Crippen molar-refractivity contribution in [2.75, 3.05) is 18.6 Å². The summed E-state index contributed by atoms with van der Waals surface area (Å²) in [6, 6.07) is 0. The van der Waals surface area contributed by atoms with Crippen LogP contribution in [0.1, 0.15) is 19.8 Å². The minimum atomic E-state index is -3.07. The topological polar surface area (TPSA) is 66.4 Å². The summed E-state index contributed by atoms with van der Waals surface area (Å²) in [6.07, 6.45) is 2.16. The Labute approximate surface area is 73.9 Å². The molecule has 74 valence electrons. The zero-order valence-corrected chi connectivity index (χ0v) is 8.39. The van der Waals surface area contributed by atoms with E-state index in [4.69, 9.17) is 5.11 Å². The molecule has 2 N–H and O–H groups in total. The lowest BCUT2D eigenvalue weighted by molar-refractivity contribution is 0.159. The zero-order chi connectivity index (χ0) is 9.61. The molecule has 0 saturated heterocycles. The molecule has 0 aromatic carbocycles. The minimum Gasteiger partial charge on any atom is -0.378 e. The highest BCUT2D eigenvalue weighted by atomic mass is 32.2. The number of unbranched alkanes of at least 4 members (excludes halogenated alkanes) is 1. The van der Waals surface area contributed by atoms with Gasteiger partial charge in [-0.15, -0.1) is 0 Å². The van der Waals surface area contributed by atoms with Gasteiger partial charge < -0.3 is 5.11 Å². The Morgan fingerprint density at radius 3 is 2.50 bits per heavy atom. The molecule has 0 aliphatic heterocycles. The van der Waals surface area contributed by atoms with E-state index in [2.05, 4.69) is 5.32 Å². The van der Waals surface area contributed by atoms with E-state index in [0.717, 1.165) is 19.1 Å². The van der Waals surface area contributed by atoms with Crippen LogP contribution < -0.4 is 5.32 Å². The van der Waals surface area contributed by atoms with Gasteiger partial charge in [0.15, 0.2) is 9.84 Å². The van der Waals surface area contributed by atoms with E-state index in [1.807, 2.05) is 6.92 Å². The predicted molar refractivity (Wildman–Crippen MR) is 48.6 cm³/mol. The Bertz CT molecular complexity index is 201. The van der Waals surface area contributed by atoms with Gasteiger partial charge in [-0.2, -0.15) is 0 Å². The number of hydrogen-bond donors (Lipinski definition) is 2. The lowest BCUT2D eigenvalue weighted by Gasteiger charge is -2.10. The van der Waals surface area contributed by atoms with E-state index in [0.29, 0.717) is 6.54 Å². The molecule has 0 aliphatic carbocycles. The molecule has 0 rings (SSSR count). The van der Waals surface area contributed by atoms with Gasteiger partial charge in [-0.05, 0) is 13.0 Å². The van der Waals surface area contributed by atoms with Gasteiger partial charge in [0.1, 0.15) is 6.23 Å². The van der Waals surface area contributed by atoms with Crippen LogP contribution in [0.2, 0.25) is 0 Å². The highest BCUT2D eigenvalue weighted by Gasteiger charge is 2.10. The molecule has 0 radical (unpaired) electrons. The second kappa shape index (κ2) is 5.50. The standard InChI is InChI=1S/C7H17NO3S/c1-3-4-5-8-7(9)6-12(2,10)11/h7-9H,3-6H2,1-2H3. The van der Waals surface area contributed by atoms with Crippen molar-refractivity contribution < 1.29 is 13.5 Å². The van der Waals surface area contributed by atoms with E-state index in [9.17, 15) is 8.42 Å². The number of rotatable bonds is 6. The number of aliphatic hydroxyl groups excluding tert-OH is 1. The van der Waals surface area contributed by atoms with Crippen LogP contribution in [-0.4, -0.2) is 38.3 Å². The molecule has 1 atom stereocenters. The van der Waals surface area contributed by atoms with E-state index in [-0.39, 0.29) is 5.75 Å². The molecule has 0 spiro atoms. The van der Waals surface area contributed by atoms with Crippen molar-refractivity contribution >= 4 is 9.84 Å². The fourth-order valence-corrected chi connectivity index (χ4v) is 1.48. The van der Waals surface area contributed by atoms with Gasteiger partial charge >= 0.3 is 0 Å². The summed E-state index contributed by atoms with van der Waals surface area (Å²) in [4.78, 5) is 0. The van der Waals surface area contributed by atoms with Gasteiger partial charge in [-0.3, -0.25) is 5.32 Å². The predicted octanol–water partition coefficient (Wildman–Crippen LogP) is -0.261. The fraction of sp³-hybridized carbons (Fsp3) is 1.00. The molecule has 0 amide bonds. The summed E-state index contributed by atoms with van der Waals surface area (Å²) >= 11 is 0. The summed E-state index contributed by atoms with van der Waals surface area (Å²) in [6.45, 7) is 2.69. The van der Waals surface area contributed by atoms with Gasteiger partial charge in [0.2, 0.25) is 0 Å². The third kappa shape index (κ3) is 7.97. The zero-order valence-electron chi connectivity index (χ0n) is 7.58. The molecule has 0 fully saturated rings. The fourth-order valence-electron chi connectivity index (χ4n) is 0.791. The number of nitrogens with one attached hydrogen (secondary N) is 1. The van der Waals surface area contributed by atoms with Crippen LogP contribution in [0, 0.1) is 0 Å². The maximum atomic E-state index is 10.7. The summed E-state index contributed by atoms with van der Waals surface area (Å²) in [5, 5.41) is 11.8. The molecule has 5 heteroatoms. The largest absolute Gasteiger partial charge is 0.378 e. The first-order chi connectivity index (χ1) is 5.45. The first-order valence-electron chi connectivity index (χ1n) is 4.05. The van der Waals surface area contributed by atoms with Crippen molar-refractivity contribution in [2.45, 2.75) is 26.0 Å². The summed E-state index contributed by atoms with van der Waals surface area (Å²) in [7, 11) is -3.07. The summed E-state index contributed by atoms with van der Waals surface area (Å²) < 4.78 is 21.3. The Kier molecular flexibility index (Phi) is 5.44. The lowest BCUT2D eigenvalue weighted by Crippen LogP contribution is -2.35. The van der Waals surface area contributed by atoms with Crippen molar-refractivity contribution in [1.82, 2.24) is 5.32 Å². The Hall–Kier alpha value is -0.130. The molecular formula is C7H17NO3S. The number of hydrogen-bond acceptors (Lipinski definition) is 4. The average Bonchev–Trinajstić information content (AvgIpc) is 1.84. The van der Waals surface area contributed by atoms with Gasteiger partial charge in [0.25, 0.3) is 0 Å². The summed E-state index contributed by atoms with van der Waals surface area (Å²) in [5.41, 5.74) is 0. The second-order valence-corrected chi connectivity index (χ2v) is 5.10. The van der Waals surface area contributed by atoms with Crippen LogP contribution in [0.4, 0.5) is 0 Å². The van der Waals surface area contributed by atoms with Gasteiger partial charge in [0.05, 0.1) is 5.75 Å². The van der Waals surface area contributed by atoms with Crippen molar-refractivity contribution in [3.8, 4) is 0 Å². The number of sulfone groups is 1. The quantitative estimate of drug-likeness (QED) is 0.452. The third-order valence-electron chi connectivity index (χ3n) is 1.37.